The lowest BCUT2D eigenvalue weighted by molar-refractivity contribution is -0.132. The molecule has 0 aliphatic carbocycles. The van der Waals surface area contributed by atoms with E-state index < -0.39 is 11.6 Å². The van der Waals surface area contributed by atoms with Gasteiger partial charge in [0.05, 0.1) is 6.04 Å². The van der Waals surface area contributed by atoms with E-state index in [9.17, 15) is 13.6 Å². The van der Waals surface area contributed by atoms with Gasteiger partial charge in [0.25, 0.3) is 0 Å². The highest BCUT2D eigenvalue weighted by Gasteiger charge is 2.24. The third kappa shape index (κ3) is 3.88. The summed E-state index contributed by atoms with van der Waals surface area (Å²) >= 11 is 0. The van der Waals surface area contributed by atoms with Crippen molar-refractivity contribution in [2.75, 3.05) is 13.6 Å². The van der Waals surface area contributed by atoms with E-state index >= 15 is 0 Å². The highest BCUT2D eigenvalue weighted by Crippen LogP contribution is 2.13. The van der Waals surface area contributed by atoms with Crippen LogP contribution < -0.4 is 5.32 Å². The van der Waals surface area contributed by atoms with Crippen LogP contribution in [0, 0.1) is 11.6 Å². The summed E-state index contributed by atoms with van der Waals surface area (Å²) in [5, 5.41) is 3.12. The number of hydrogen-bond acceptors (Lipinski definition) is 2. The van der Waals surface area contributed by atoms with Crippen LogP contribution >= 0.6 is 12.4 Å². The molecule has 1 aromatic rings. The van der Waals surface area contributed by atoms with Gasteiger partial charge in [0.1, 0.15) is 0 Å². The zero-order valence-corrected chi connectivity index (χ0v) is 11.5. The molecule has 1 heterocycles. The molecule has 1 aliphatic rings. The number of nitrogens with zero attached hydrogens (tertiary/aromatic N) is 1. The highest BCUT2D eigenvalue weighted by atomic mass is 35.5. The van der Waals surface area contributed by atoms with Gasteiger partial charge in [0.2, 0.25) is 5.91 Å². The number of benzene rings is 1. The normalized spacial score (nSPS) is 17.9. The Kier molecular flexibility index (Phi) is 5.69. The van der Waals surface area contributed by atoms with Crippen LogP contribution in [0.4, 0.5) is 8.78 Å². The average Bonchev–Trinajstić information content (AvgIpc) is 2.86. The summed E-state index contributed by atoms with van der Waals surface area (Å²) in [6.07, 6.45) is 1.83. The predicted molar refractivity (Wildman–Crippen MR) is 71.1 cm³/mol. The Hall–Kier alpha value is -1.20. The van der Waals surface area contributed by atoms with E-state index in [2.05, 4.69) is 5.32 Å². The molecule has 1 saturated heterocycles. The number of halogens is 3. The minimum Gasteiger partial charge on any atom is -0.340 e. The van der Waals surface area contributed by atoms with Gasteiger partial charge in [0, 0.05) is 13.6 Å². The van der Waals surface area contributed by atoms with Gasteiger partial charge in [-0.3, -0.25) is 4.79 Å². The molecule has 0 saturated carbocycles. The lowest BCUT2D eigenvalue weighted by Crippen LogP contribution is -2.41. The Morgan fingerprint density at radius 1 is 1.42 bits per heavy atom. The SMILES string of the molecule is CN(Cc1ccc(F)c(F)c1)C(=O)[C@@H]1CCCN1.Cl. The van der Waals surface area contributed by atoms with Crippen LogP contribution in [0.5, 0.6) is 0 Å². The first kappa shape index (κ1) is 15.9. The molecule has 106 valence electrons. The molecule has 3 nitrogen and oxygen atoms in total. The molecule has 19 heavy (non-hydrogen) atoms. The summed E-state index contributed by atoms with van der Waals surface area (Å²) in [7, 11) is 1.67. The van der Waals surface area contributed by atoms with Gasteiger partial charge in [-0.2, -0.15) is 0 Å². The van der Waals surface area contributed by atoms with Crippen LogP contribution in [-0.2, 0) is 11.3 Å². The molecule has 1 amide bonds. The molecule has 6 heteroatoms. The second-order valence-electron chi connectivity index (χ2n) is 4.59. The molecule has 0 unspecified atom stereocenters. The number of hydrogen-bond donors (Lipinski definition) is 1. The Balaban J connectivity index is 0.00000180. The lowest BCUT2D eigenvalue weighted by Gasteiger charge is -2.21. The lowest BCUT2D eigenvalue weighted by atomic mass is 10.1. The molecule has 1 N–H and O–H groups in total. The molecule has 0 radical (unpaired) electrons. The summed E-state index contributed by atoms with van der Waals surface area (Å²) < 4.78 is 25.8. The summed E-state index contributed by atoms with van der Waals surface area (Å²) in [6, 6.07) is 3.56. The average molecular weight is 291 g/mol. The van der Waals surface area contributed by atoms with Crippen molar-refractivity contribution >= 4 is 18.3 Å². The van der Waals surface area contributed by atoms with Gasteiger partial charge in [-0.25, -0.2) is 8.78 Å². The van der Waals surface area contributed by atoms with Crippen LogP contribution in [0.3, 0.4) is 0 Å². The molecule has 2 rings (SSSR count). The Bertz CT molecular complexity index is 450. The number of carbonyl (C=O) groups is 1. The van der Waals surface area contributed by atoms with Crippen LogP contribution in [0.1, 0.15) is 18.4 Å². The zero-order valence-electron chi connectivity index (χ0n) is 10.7. The fourth-order valence-corrected chi connectivity index (χ4v) is 2.15. The second-order valence-corrected chi connectivity index (χ2v) is 4.59. The minimum absolute atomic E-state index is 0. The van der Waals surface area contributed by atoms with Crippen molar-refractivity contribution in [3.63, 3.8) is 0 Å². The molecule has 0 aromatic heterocycles. The summed E-state index contributed by atoms with van der Waals surface area (Å²) in [4.78, 5) is 13.5. The topological polar surface area (TPSA) is 32.3 Å². The molecular formula is C13H17ClF2N2O. The second kappa shape index (κ2) is 6.82. The first-order valence-corrected chi connectivity index (χ1v) is 6.00. The maximum Gasteiger partial charge on any atom is 0.239 e. The molecule has 1 aromatic carbocycles. The van der Waals surface area contributed by atoms with Gasteiger partial charge in [-0.05, 0) is 37.1 Å². The Morgan fingerprint density at radius 3 is 2.74 bits per heavy atom. The van der Waals surface area contributed by atoms with Crippen molar-refractivity contribution in [2.24, 2.45) is 0 Å². The van der Waals surface area contributed by atoms with E-state index in [-0.39, 0.29) is 30.9 Å². The van der Waals surface area contributed by atoms with E-state index in [4.69, 9.17) is 0 Å². The number of amides is 1. The largest absolute Gasteiger partial charge is 0.340 e. The fourth-order valence-electron chi connectivity index (χ4n) is 2.15. The van der Waals surface area contributed by atoms with Crippen LogP contribution in [0.15, 0.2) is 18.2 Å². The van der Waals surface area contributed by atoms with Gasteiger partial charge < -0.3 is 10.2 Å². The molecule has 1 fully saturated rings. The molecular weight excluding hydrogens is 274 g/mol. The van der Waals surface area contributed by atoms with Crippen LogP contribution in [0.25, 0.3) is 0 Å². The first-order valence-electron chi connectivity index (χ1n) is 6.00. The Labute approximate surface area is 117 Å². The van der Waals surface area contributed by atoms with Gasteiger partial charge in [0.15, 0.2) is 11.6 Å². The molecule has 0 spiro atoms. The fraction of sp³-hybridized carbons (Fsp3) is 0.462. The maximum atomic E-state index is 13.0. The van der Waals surface area contributed by atoms with Crippen LogP contribution in [0.2, 0.25) is 0 Å². The number of carbonyl (C=O) groups excluding carboxylic acids is 1. The van der Waals surface area contributed by atoms with Crippen molar-refractivity contribution in [3.8, 4) is 0 Å². The van der Waals surface area contributed by atoms with Crippen molar-refractivity contribution < 1.29 is 13.6 Å². The van der Waals surface area contributed by atoms with Gasteiger partial charge in [-0.1, -0.05) is 6.07 Å². The maximum absolute atomic E-state index is 13.0. The quantitative estimate of drug-likeness (QED) is 0.925. The standard InChI is InChI=1S/C13H16F2N2O.ClH/c1-17(13(18)12-3-2-6-16-12)8-9-4-5-10(14)11(15)7-9;/h4-5,7,12,16H,2-3,6,8H2,1H3;1H/t12-;/m0./s1. The monoisotopic (exact) mass is 290 g/mol. The predicted octanol–water partition coefficient (Wildman–Crippen LogP) is 2.10. The molecule has 0 bridgehead atoms. The molecule has 1 atom stereocenters. The van der Waals surface area contributed by atoms with E-state index in [0.717, 1.165) is 31.5 Å². The van der Waals surface area contributed by atoms with Gasteiger partial charge >= 0.3 is 0 Å². The van der Waals surface area contributed by atoms with E-state index in [1.54, 1.807) is 7.05 Å². The smallest absolute Gasteiger partial charge is 0.239 e. The first-order chi connectivity index (χ1) is 8.58. The van der Waals surface area contributed by atoms with E-state index in [1.807, 2.05) is 0 Å². The zero-order chi connectivity index (χ0) is 13.1. The molecule has 1 aliphatic heterocycles. The summed E-state index contributed by atoms with van der Waals surface area (Å²) in [5.74, 6) is -1.75. The third-order valence-corrected chi connectivity index (χ3v) is 3.14. The summed E-state index contributed by atoms with van der Waals surface area (Å²) in [6.45, 7) is 1.14. The Morgan fingerprint density at radius 2 is 2.16 bits per heavy atom. The third-order valence-electron chi connectivity index (χ3n) is 3.14. The number of rotatable bonds is 3. The van der Waals surface area contributed by atoms with E-state index in [0.29, 0.717) is 5.56 Å². The van der Waals surface area contributed by atoms with Gasteiger partial charge in [-0.15, -0.1) is 12.4 Å². The van der Waals surface area contributed by atoms with E-state index in [1.165, 1.54) is 11.0 Å². The number of nitrogens with one attached hydrogen (secondary N) is 1. The van der Waals surface area contributed by atoms with Crippen molar-refractivity contribution in [3.05, 3.63) is 35.4 Å². The number of likely N-dealkylation sites (N-methyl/N-ethyl adjacent to an activating group) is 1. The summed E-state index contributed by atoms with van der Waals surface area (Å²) in [5.41, 5.74) is 0.586. The highest BCUT2D eigenvalue weighted by molar-refractivity contribution is 5.85. The van der Waals surface area contributed by atoms with Crippen molar-refractivity contribution in [1.82, 2.24) is 10.2 Å². The van der Waals surface area contributed by atoms with Crippen molar-refractivity contribution in [2.45, 2.75) is 25.4 Å². The van der Waals surface area contributed by atoms with Crippen molar-refractivity contribution in [1.29, 1.82) is 0 Å². The van der Waals surface area contributed by atoms with Crippen LogP contribution in [-0.4, -0.2) is 30.4 Å². The minimum atomic E-state index is -0.882.